The van der Waals surface area contributed by atoms with Crippen molar-refractivity contribution in [3.05, 3.63) is 96.2 Å². The number of thioether (sulfide) groups is 1. The van der Waals surface area contributed by atoms with Crippen molar-refractivity contribution in [2.45, 2.75) is 36.1 Å². The monoisotopic (exact) mass is 491 g/mol. The van der Waals surface area contributed by atoms with Crippen LogP contribution in [0.1, 0.15) is 18.1 Å². The number of hydrogen-bond donors (Lipinski definition) is 1. The minimum Gasteiger partial charge on any atom is -0.325 e. The quantitative estimate of drug-likeness (QED) is 0.344. The average molecular weight is 492 g/mol. The number of amides is 1. The fourth-order valence-electron chi connectivity index (χ4n) is 3.34. The first kappa shape index (κ1) is 23.8. The van der Waals surface area contributed by atoms with Gasteiger partial charge in [0.15, 0.2) is 5.16 Å². The van der Waals surface area contributed by atoms with Gasteiger partial charge in [0, 0.05) is 11.3 Å². The predicted octanol–water partition coefficient (Wildman–Crippen LogP) is 5.52. The van der Waals surface area contributed by atoms with Gasteiger partial charge in [-0.05, 0) is 45.0 Å². The second kappa shape index (κ2) is 9.87. The van der Waals surface area contributed by atoms with Crippen molar-refractivity contribution in [3.8, 4) is 11.3 Å². The number of nitrogens with one attached hydrogen (secondary N) is 1. The van der Waals surface area contributed by atoms with Crippen molar-refractivity contribution in [2.75, 3.05) is 5.32 Å². The summed E-state index contributed by atoms with van der Waals surface area (Å²) in [6, 6.07) is 23.4. The van der Waals surface area contributed by atoms with E-state index in [1.54, 1.807) is 31.2 Å². The molecular weight excluding hydrogens is 466 g/mol. The number of aromatic nitrogens is 2. The highest BCUT2D eigenvalue weighted by Gasteiger charge is 2.28. The van der Waals surface area contributed by atoms with Gasteiger partial charge in [0.2, 0.25) is 5.91 Å². The lowest BCUT2D eigenvalue weighted by Crippen LogP contribution is -2.24. The molecule has 8 heteroatoms. The summed E-state index contributed by atoms with van der Waals surface area (Å²) in [4.78, 5) is 17.4. The lowest BCUT2D eigenvalue weighted by atomic mass is 10.2. The summed E-state index contributed by atoms with van der Waals surface area (Å²) in [6.45, 7) is 5.61. The maximum absolute atomic E-state index is 13.7. The Balaban J connectivity index is 1.70. The molecule has 1 aromatic heterocycles. The minimum absolute atomic E-state index is 0.159. The van der Waals surface area contributed by atoms with E-state index in [0.717, 1.165) is 22.9 Å². The number of aryl methyl sites for hydroxylation is 2. The lowest BCUT2D eigenvalue weighted by molar-refractivity contribution is -0.115. The zero-order valence-electron chi connectivity index (χ0n) is 19.1. The Labute approximate surface area is 204 Å². The van der Waals surface area contributed by atoms with Crippen LogP contribution in [-0.4, -0.2) is 28.5 Å². The summed E-state index contributed by atoms with van der Waals surface area (Å²) in [5, 5.41) is 2.52. The predicted molar refractivity (Wildman–Crippen MR) is 137 cm³/mol. The fourth-order valence-corrected chi connectivity index (χ4v) is 5.91. The number of nitrogens with zero attached hydrogens (tertiary/aromatic N) is 2. The molecule has 0 saturated heterocycles. The number of imidazole rings is 1. The Morgan fingerprint density at radius 1 is 0.912 bits per heavy atom. The largest absolute Gasteiger partial charge is 0.325 e. The van der Waals surface area contributed by atoms with Crippen LogP contribution in [-0.2, 0) is 14.8 Å². The van der Waals surface area contributed by atoms with Crippen molar-refractivity contribution in [2.24, 2.45) is 0 Å². The smallest absolute Gasteiger partial charge is 0.270 e. The van der Waals surface area contributed by atoms with Crippen LogP contribution in [0.25, 0.3) is 11.3 Å². The molecule has 0 spiro atoms. The first-order chi connectivity index (χ1) is 16.3. The standard InChI is InChI=1S/C26H25N3O3S2/c1-18-9-13-22(14-10-18)28-25(30)20(3)33-26-27-17-24(21-7-5-4-6-8-21)29(26)34(31,32)23-15-11-19(2)12-16-23/h4-17,20H,1-3H3,(H,28,30)/t20-/m1/s1. The second-order valence-corrected chi connectivity index (χ2v) is 11.1. The van der Waals surface area contributed by atoms with Gasteiger partial charge in [-0.1, -0.05) is 77.5 Å². The van der Waals surface area contributed by atoms with Gasteiger partial charge in [0.25, 0.3) is 10.0 Å². The van der Waals surface area contributed by atoms with E-state index >= 15 is 0 Å². The molecule has 0 aliphatic rings. The Morgan fingerprint density at radius 3 is 2.12 bits per heavy atom. The molecule has 4 rings (SSSR count). The molecule has 1 amide bonds. The zero-order chi connectivity index (χ0) is 24.3. The molecule has 0 unspecified atom stereocenters. The number of carbonyl (C=O) groups excluding carboxylic acids is 1. The molecule has 0 aliphatic carbocycles. The van der Waals surface area contributed by atoms with E-state index in [1.165, 1.54) is 10.2 Å². The number of benzene rings is 3. The van der Waals surface area contributed by atoms with Crippen molar-refractivity contribution in [1.29, 1.82) is 0 Å². The molecular formula is C26H25N3O3S2. The Bertz CT molecular complexity index is 1400. The first-order valence-electron chi connectivity index (χ1n) is 10.8. The summed E-state index contributed by atoms with van der Waals surface area (Å²) in [5.41, 5.74) is 3.90. The number of rotatable bonds is 7. The number of hydrogen-bond acceptors (Lipinski definition) is 5. The molecule has 3 aromatic carbocycles. The molecule has 174 valence electrons. The molecule has 0 saturated carbocycles. The number of carbonyl (C=O) groups is 1. The van der Waals surface area contributed by atoms with Crippen LogP contribution in [0, 0.1) is 13.8 Å². The Kier molecular flexibility index (Phi) is 6.90. The van der Waals surface area contributed by atoms with Crippen LogP contribution in [0.2, 0.25) is 0 Å². The molecule has 1 N–H and O–H groups in total. The van der Waals surface area contributed by atoms with E-state index in [4.69, 9.17) is 0 Å². The highest BCUT2D eigenvalue weighted by atomic mass is 32.2. The van der Waals surface area contributed by atoms with Crippen molar-refractivity contribution in [1.82, 2.24) is 8.96 Å². The van der Waals surface area contributed by atoms with E-state index in [9.17, 15) is 13.2 Å². The fraction of sp³-hybridized carbons (Fsp3) is 0.154. The van der Waals surface area contributed by atoms with Gasteiger partial charge in [-0.25, -0.2) is 17.4 Å². The van der Waals surface area contributed by atoms with E-state index < -0.39 is 15.3 Å². The molecule has 6 nitrogen and oxygen atoms in total. The van der Waals surface area contributed by atoms with E-state index in [2.05, 4.69) is 10.3 Å². The summed E-state index contributed by atoms with van der Waals surface area (Å²) in [6.07, 6.45) is 1.54. The Morgan fingerprint density at radius 2 is 1.50 bits per heavy atom. The Hall–Kier alpha value is -3.36. The normalized spacial score (nSPS) is 12.3. The topological polar surface area (TPSA) is 81.1 Å². The van der Waals surface area contributed by atoms with E-state index in [-0.39, 0.29) is 16.0 Å². The van der Waals surface area contributed by atoms with E-state index in [1.807, 2.05) is 68.4 Å². The van der Waals surface area contributed by atoms with E-state index in [0.29, 0.717) is 16.9 Å². The zero-order valence-corrected chi connectivity index (χ0v) is 20.7. The molecule has 34 heavy (non-hydrogen) atoms. The SMILES string of the molecule is Cc1ccc(NC(=O)[C@@H](C)Sc2ncc(-c3ccccc3)n2S(=O)(=O)c2ccc(C)cc2)cc1. The molecule has 0 radical (unpaired) electrons. The van der Waals surface area contributed by atoms with Crippen LogP contribution < -0.4 is 5.32 Å². The highest BCUT2D eigenvalue weighted by molar-refractivity contribution is 8.01. The molecule has 4 aromatic rings. The molecule has 0 bridgehead atoms. The first-order valence-corrected chi connectivity index (χ1v) is 13.1. The third kappa shape index (κ3) is 5.08. The molecule has 0 aliphatic heterocycles. The van der Waals surface area contributed by atoms with Crippen LogP contribution in [0.5, 0.6) is 0 Å². The molecule has 1 atom stereocenters. The van der Waals surface area contributed by atoms with Gasteiger partial charge in [-0.3, -0.25) is 4.79 Å². The maximum atomic E-state index is 13.7. The van der Waals surface area contributed by atoms with Gasteiger partial charge >= 0.3 is 0 Å². The van der Waals surface area contributed by atoms with Gasteiger partial charge in [0.1, 0.15) is 0 Å². The minimum atomic E-state index is -3.96. The van der Waals surface area contributed by atoms with Crippen molar-refractivity contribution < 1.29 is 13.2 Å². The van der Waals surface area contributed by atoms with Crippen LogP contribution in [0.4, 0.5) is 5.69 Å². The van der Waals surface area contributed by atoms with Crippen LogP contribution in [0.15, 0.2) is 95.1 Å². The van der Waals surface area contributed by atoms with Gasteiger partial charge in [-0.2, -0.15) is 0 Å². The molecule has 0 fully saturated rings. The van der Waals surface area contributed by atoms with Gasteiger partial charge in [0.05, 0.1) is 22.0 Å². The van der Waals surface area contributed by atoms with Gasteiger partial charge < -0.3 is 5.32 Å². The summed E-state index contributed by atoms with van der Waals surface area (Å²) in [7, 11) is -3.96. The third-order valence-corrected chi connectivity index (χ3v) is 8.19. The average Bonchev–Trinajstić information content (AvgIpc) is 3.26. The number of anilines is 1. The van der Waals surface area contributed by atoms with Crippen LogP contribution in [0.3, 0.4) is 0 Å². The summed E-state index contributed by atoms with van der Waals surface area (Å²) in [5.74, 6) is -0.239. The molecule has 1 heterocycles. The van der Waals surface area contributed by atoms with Crippen LogP contribution >= 0.6 is 11.8 Å². The third-order valence-electron chi connectivity index (χ3n) is 5.29. The van der Waals surface area contributed by atoms with Gasteiger partial charge in [-0.15, -0.1) is 0 Å². The second-order valence-electron chi connectivity index (χ2n) is 7.99. The summed E-state index contributed by atoms with van der Waals surface area (Å²) >= 11 is 1.10. The highest BCUT2D eigenvalue weighted by Crippen LogP contribution is 2.32. The maximum Gasteiger partial charge on any atom is 0.270 e. The van der Waals surface area contributed by atoms with Crippen molar-refractivity contribution in [3.63, 3.8) is 0 Å². The van der Waals surface area contributed by atoms with Crippen molar-refractivity contribution >= 4 is 33.4 Å². The lowest BCUT2D eigenvalue weighted by Gasteiger charge is -2.16. The summed E-state index contributed by atoms with van der Waals surface area (Å²) < 4.78 is 28.6.